The van der Waals surface area contributed by atoms with Crippen molar-refractivity contribution in [3.8, 4) is 0 Å². The van der Waals surface area contributed by atoms with Crippen LogP contribution in [0.4, 0.5) is 0 Å². The van der Waals surface area contributed by atoms with Crippen LogP contribution in [-0.2, 0) is 6.54 Å². The van der Waals surface area contributed by atoms with Gasteiger partial charge in [-0.2, -0.15) is 0 Å². The number of nitrogens with zero attached hydrogens (tertiary/aromatic N) is 1. The lowest BCUT2D eigenvalue weighted by atomic mass is 10.0. The Hall–Kier alpha value is -2.35. The summed E-state index contributed by atoms with van der Waals surface area (Å²) in [5.41, 5.74) is 3.90. The predicted molar refractivity (Wildman–Crippen MR) is 82.2 cm³/mol. The summed E-state index contributed by atoms with van der Waals surface area (Å²) >= 11 is 0. The van der Waals surface area contributed by atoms with Gasteiger partial charge in [0.2, 0.25) is 0 Å². The Labute approximate surface area is 118 Å². The summed E-state index contributed by atoms with van der Waals surface area (Å²) in [7, 11) is 0. The van der Waals surface area contributed by atoms with Crippen molar-refractivity contribution in [1.29, 1.82) is 0 Å². The van der Waals surface area contributed by atoms with E-state index in [1.54, 1.807) is 0 Å². The average Bonchev–Trinajstić information content (AvgIpc) is 2.87. The Morgan fingerprint density at radius 3 is 2.50 bits per heavy atom. The molecule has 0 amide bonds. The monoisotopic (exact) mass is 263 g/mol. The van der Waals surface area contributed by atoms with Crippen molar-refractivity contribution in [2.24, 2.45) is 0 Å². The van der Waals surface area contributed by atoms with Crippen LogP contribution < -0.4 is 0 Å². The molecule has 100 valence electrons. The molecule has 0 saturated heterocycles. The number of carbonyl (C=O) groups excluding carboxylic acids is 1. The van der Waals surface area contributed by atoms with Gasteiger partial charge in [0.15, 0.2) is 5.78 Å². The van der Waals surface area contributed by atoms with Gasteiger partial charge in [0, 0.05) is 29.3 Å². The molecule has 1 heterocycles. The van der Waals surface area contributed by atoms with E-state index in [2.05, 4.69) is 24.5 Å². The number of hydrogen-bond donors (Lipinski definition) is 0. The van der Waals surface area contributed by atoms with Crippen LogP contribution in [-0.4, -0.2) is 10.4 Å². The van der Waals surface area contributed by atoms with Crippen molar-refractivity contribution in [1.82, 2.24) is 4.57 Å². The molecule has 3 rings (SSSR count). The number of benzene rings is 2. The van der Waals surface area contributed by atoms with Crippen LogP contribution in [0.5, 0.6) is 0 Å². The van der Waals surface area contributed by atoms with Crippen LogP contribution in [0.15, 0.2) is 54.7 Å². The first kappa shape index (κ1) is 12.7. The molecule has 0 aliphatic carbocycles. The molecule has 0 aliphatic rings. The molecule has 2 heteroatoms. The van der Waals surface area contributed by atoms with Crippen molar-refractivity contribution in [3.63, 3.8) is 0 Å². The minimum absolute atomic E-state index is 0.0911. The Balaban J connectivity index is 2.23. The molecule has 0 N–H and O–H groups in total. The largest absolute Gasteiger partial charge is 0.347 e. The Bertz CT molecular complexity index is 769. The number of aromatic nitrogens is 1. The van der Waals surface area contributed by atoms with Crippen molar-refractivity contribution in [2.75, 3.05) is 0 Å². The van der Waals surface area contributed by atoms with Gasteiger partial charge < -0.3 is 4.57 Å². The number of ketones is 1. The van der Waals surface area contributed by atoms with Gasteiger partial charge in [0.1, 0.15) is 0 Å². The van der Waals surface area contributed by atoms with Gasteiger partial charge in [-0.3, -0.25) is 4.79 Å². The van der Waals surface area contributed by atoms with E-state index in [9.17, 15) is 4.79 Å². The molecule has 0 fully saturated rings. The van der Waals surface area contributed by atoms with Gasteiger partial charge in [0.25, 0.3) is 0 Å². The van der Waals surface area contributed by atoms with E-state index in [4.69, 9.17) is 0 Å². The Morgan fingerprint density at radius 1 is 1.05 bits per heavy atom. The molecule has 0 saturated carbocycles. The fourth-order valence-electron chi connectivity index (χ4n) is 2.72. The van der Waals surface area contributed by atoms with Crippen LogP contribution >= 0.6 is 0 Å². The van der Waals surface area contributed by atoms with Crippen LogP contribution in [0.3, 0.4) is 0 Å². The van der Waals surface area contributed by atoms with E-state index in [0.29, 0.717) is 0 Å². The zero-order valence-electron chi connectivity index (χ0n) is 11.8. The van der Waals surface area contributed by atoms with Gasteiger partial charge in [-0.15, -0.1) is 0 Å². The van der Waals surface area contributed by atoms with Gasteiger partial charge in [-0.25, -0.2) is 0 Å². The number of fused-ring (bicyclic) bond motifs is 1. The van der Waals surface area contributed by atoms with Gasteiger partial charge >= 0.3 is 0 Å². The molecular weight excluding hydrogens is 246 g/mol. The maximum absolute atomic E-state index is 12.7. The van der Waals surface area contributed by atoms with Crippen molar-refractivity contribution >= 4 is 16.7 Å². The van der Waals surface area contributed by atoms with Crippen molar-refractivity contribution in [2.45, 2.75) is 20.4 Å². The zero-order valence-corrected chi connectivity index (χ0v) is 11.8. The number of para-hydroxylation sites is 1. The molecule has 20 heavy (non-hydrogen) atoms. The molecule has 2 nitrogen and oxygen atoms in total. The number of aryl methyl sites for hydroxylation is 2. The second kappa shape index (κ2) is 4.97. The highest BCUT2D eigenvalue weighted by molar-refractivity contribution is 6.16. The minimum Gasteiger partial charge on any atom is -0.347 e. The number of carbonyl (C=O) groups is 1. The van der Waals surface area contributed by atoms with Crippen LogP contribution in [0.25, 0.3) is 10.9 Å². The topological polar surface area (TPSA) is 22.0 Å². The van der Waals surface area contributed by atoms with Gasteiger partial charge in [-0.1, -0.05) is 48.5 Å². The maximum Gasteiger partial charge on any atom is 0.195 e. The van der Waals surface area contributed by atoms with E-state index >= 15 is 0 Å². The first-order valence-corrected chi connectivity index (χ1v) is 6.90. The van der Waals surface area contributed by atoms with E-state index in [-0.39, 0.29) is 5.78 Å². The molecule has 0 bridgehead atoms. The third kappa shape index (κ3) is 1.94. The normalized spacial score (nSPS) is 10.9. The maximum atomic E-state index is 12.7. The lowest BCUT2D eigenvalue weighted by molar-refractivity contribution is 0.104. The van der Waals surface area contributed by atoms with Gasteiger partial charge in [0.05, 0.1) is 5.52 Å². The molecule has 0 unspecified atom stereocenters. The second-order valence-corrected chi connectivity index (χ2v) is 5.00. The summed E-state index contributed by atoms with van der Waals surface area (Å²) < 4.78 is 2.15. The quantitative estimate of drug-likeness (QED) is 0.649. The Morgan fingerprint density at radius 2 is 1.80 bits per heavy atom. The molecule has 0 atom stereocenters. The molecule has 0 aliphatic heterocycles. The summed E-state index contributed by atoms with van der Waals surface area (Å²) in [5.74, 6) is 0.0911. The number of rotatable bonds is 3. The van der Waals surface area contributed by atoms with Crippen molar-refractivity contribution < 1.29 is 4.79 Å². The highest BCUT2D eigenvalue weighted by atomic mass is 16.1. The highest BCUT2D eigenvalue weighted by Gasteiger charge is 2.16. The van der Waals surface area contributed by atoms with E-state index in [0.717, 1.165) is 28.6 Å². The SMILES string of the molecule is CCn1cc(C(=O)c2ccccc2)c2cccc(C)c21. The van der Waals surface area contributed by atoms with Crippen LogP contribution in [0.2, 0.25) is 0 Å². The summed E-state index contributed by atoms with van der Waals surface area (Å²) in [6.45, 7) is 5.05. The number of hydrogen-bond acceptors (Lipinski definition) is 1. The first-order chi connectivity index (χ1) is 9.72. The van der Waals surface area contributed by atoms with Crippen molar-refractivity contribution in [3.05, 3.63) is 71.4 Å². The minimum atomic E-state index is 0.0911. The summed E-state index contributed by atoms with van der Waals surface area (Å²) in [5, 5.41) is 1.04. The molecule has 3 aromatic rings. The fourth-order valence-corrected chi connectivity index (χ4v) is 2.72. The van der Waals surface area contributed by atoms with Crippen LogP contribution in [0.1, 0.15) is 28.4 Å². The lowest BCUT2D eigenvalue weighted by Crippen LogP contribution is -2.00. The molecule has 0 spiro atoms. The Kier molecular flexibility index (Phi) is 3.15. The smallest absolute Gasteiger partial charge is 0.195 e. The third-order valence-electron chi connectivity index (χ3n) is 3.72. The first-order valence-electron chi connectivity index (χ1n) is 6.90. The third-order valence-corrected chi connectivity index (χ3v) is 3.72. The van der Waals surface area contributed by atoms with E-state index in [1.165, 1.54) is 5.56 Å². The average molecular weight is 263 g/mol. The molecule has 2 aromatic carbocycles. The van der Waals surface area contributed by atoms with Crippen LogP contribution in [0, 0.1) is 6.92 Å². The predicted octanol–water partition coefficient (Wildman–Crippen LogP) is 4.20. The second-order valence-electron chi connectivity index (χ2n) is 5.00. The fraction of sp³-hybridized carbons (Fsp3) is 0.167. The zero-order chi connectivity index (χ0) is 14.1. The lowest BCUT2D eigenvalue weighted by Gasteiger charge is -2.03. The molecular formula is C18H17NO. The summed E-state index contributed by atoms with van der Waals surface area (Å²) in [6, 6.07) is 15.6. The summed E-state index contributed by atoms with van der Waals surface area (Å²) in [4.78, 5) is 12.7. The molecule has 1 aromatic heterocycles. The van der Waals surface area contributed by atoms with E-state index < -0.39 is 0 Å². The molecule has 0 radical (unpaired) electrons. The summed E-state index contributed by atoms with van der Waals surface area (Å²) in [6.07, 6.45) is 1.98. The van der Waals surface area contributed by atoms with Gasteiger partial charge in [-0.05, 0) is 19.4 Å². The standard InChI is InChI=1S/C18H17NO/c1-3-19-12-16(15-11-7-8-13(2)17(15)19)18(20)14-9-5-4-6-10-14/h4-12H,3H2,1-2H3. The van der Waals surface area contributed by atoms with E-state index in [1.807, 2.05) is 48.7 Å². The highest BCUT2D eigenvalue weighted by Crippen LogP contribution is 2.26.